The average Bonchev–Trinajstić information content (AvgIpc) is 2.60. The molecule has 24 heavy (non-hydrogen) atoms. The lowest BCUT2D eigenvalue weighted by atomic mass is 10.2. The molecule has 0 aliphatic carbocycles. The van der Waals surface area contributed by atoms with Crippen molar-refractivity contribution < 1.29 is 14.3 Å². The summed E-state index contributed by atoms with van der Waals surface area (Å²) in [5.74, 6) is 0.0608. The number of carbonyl (C=O) groups excluding carboxylic acids is 2. The highest BCUT2D eigenvalue weighted by molar-refractivity contribution is 5.94. The Hall–Kier alpha value is -3.09. The molecule has 0 unspecified atom stereocenters. The van der Waals surface area contributed by atoms with Gasteiger partial charge in [-0.05, 0) is 24.3 Å². The SMILES string of the molecule is COc1cccc(C(=O)NCCNC(=O)Cn2ccccc2=O)c1. The van der Waals surface area contributed by atoms with E-state index in [-0.39, 0.29) is 37.0 Å². The number of rotatable bonds is 7. The molecule has 0 saturated heterocycles. The second kappa shape index (κ2) is 8.52. The fourth-order valence-corrected chi connectivity index (χ4v) is 2.05. The minimum absolute atomic E-state index is 0.0521. The Labute approximate surface area is 139 Å². The minimum atomic E-state index is -0.293. The van der Waals surface area contributed by atoms with Crippen LogP contribution in [0.15, 0.2) is 53.5 Å². The largest absolute Gasteiger partial charge is 0.497 e. The van der Waals surface area contributed by atoms with Crippen LogP contribution in [0.5, 0.6) is 5.75 Å². The number of carbonyl (C=O) groups is 2. The van der Waals surface area contributed by atoms with E-state index in [1.165, 1.54) is 17.7 Å². The number of ether oxygens (including phenoxy) is 1. The summed E-state index contributed by atoms with van der Waals surface area (Å²) in [6.07, 6.45) is 1.55. The van der Waals surface area contributed by atoms with Gasteiger partial charge in [0.05, 0.1) is 7.11 Å². The molecule has 1 aromatic carbocycles. The number of aromatic nitrogens is 1. The summed E-state index contributed by atoms with van der Waals surface area (Å²) in [6.45, 7) is 0.505. The molecule has 1 aromatic heterocycles. The second-order valence-electron chi connectivity index (χ2n) is 5.00. The van der Waals surface area contributed by atoms with E-state index in [1.54, 1.807) is 42.6 Å². The summed E-state index contributed by atoms with van der Waals surface area (Å²) in [4.78, 5) is 35.2. The molecule has 0 radical (unpaired) electrons. The zero-order valence-electron chi connectivity index (χ0n) is 13.3. The van der Waals surface area contributed by atoms with E-state index < -0.39 is 0 Å². The van der Waals surface area contributed by atoms with Crippen LogP contribution in [-0.2, 0) is 11.3 Å². The second-order valence-corrected chi connectivity index (χ2v) is 5.00. The molecule has 2 rings (SSSR count). The monoisotopic (exact) mass is 329 g/mol. The number of pyridine rings is 1. The van der Waals surface area contributed by atoms with Gasteiger partial charge in [0.25, 0.3) is 11.5 Å². The molecule has 2 amide bonds. The lowest BCUT2D eigenvalue weighted by Crippen LogP contribution is -2.37. The van der Waals surface area contributed by atoms with Crippen LogP contribution >= 0.6 is 0 Å². The summed E-state index contributed by atoms with van der Waals surface area (Å²) >= 11 is 0. The molecule has 2 N–H and O–H groups in total. The van der Waals surface area contributed by atoms with Gasteiger partial charge in [-0.25, -0.2) is 0 Å². The standard InChI is InChI=1S/C17H19N3O4/c1-24-14-6-4-5-13(11-14)17(23)19-9-8-18-15(21)12-20-10-3-2-7-16(20)22/h2-7,10-11H,8-9,12H2,1H3,(H,18,21)(H,19,23). The maximum absolute atomic E-state index is 12.0. The van der Waals surface area contributed by atoms with Gasteiger partial charge < -0.3 is 19.9 Å². The summed E-state index contributed by atoms with van der Waals surface area (Å²) in [5, 5.41) is 5.35. The first-order valence-electron chi connectivity index (χ1n) is 7.44. The van der Waals surface area contributed by atoms with Gasteiger partial charge in [-0.15, -0.1) is 0 Å². The molecule has 1 heterocycles. The fraction of sp³-hybridized carbons (Fsp3) is 0.235. The van der Waals surface area contributed by atoms with Crippen molar-refractivity contribution in [3.63, 3.8) is 0 Å². The van der Waals surface area contributed by atoms with Gasteiger partial charge in [-0.3, -0.25) is 14.4 Å². The number of nitrogens with zero attached hydrogens (tertiary/aromatic N) is 1. The number of hydrogen-bond donors (Lipinski definition) is 2. The Morgan fingerprint density at radius 1 is 1.08 bits per heavy atom. The third-order valence-corrected chi connectivity index (χ3v) is 3.28. The number of benzene rings is 1. The molecule has 7 heteroatoms. The van der Waals surface area contributed by atoms with E-state index in [0.29, 0.717) is 11.3 Å². The molecule has 0 bridgehead atoms. The topological polar surface area (TPSA) is 89.4 Å². The first-order chi connectivity index (χ1) is 11.6. The van der Waals surface area contributed by atoms with Gasteiger partial charge in [0.15, 0.2) is 0 Å². The van der Waals surface area contributed by atoms with Crippen molar-refractivity contribution in [1.29, 1.82) is 0 Å². The van der Waals surface area contributed by atoms with Crippen molar-refractivity contribution in [1.82, 2.24) is 15.2 Å². The Balaban J connectivity index is 1.74. The first-order valence-corrected chi connectivity index (χ1v) is 7.44. The summed E-state index contributed by atoms with van der Waals surface area (Å²) in [7, 11) is 1.53. The highest BCUT2D eigenvalue weighted by Crippen LogP contribution is 2.12. The lowest BCUT2D eigenvalue weighted by Gasteiger charge is -2.09. The van der Waals surface area contributed by atoms with Gasteiger partial charge in [-0.2, -0.15) is 0 Å². The van der Waals surface area contributed by atoms with Crippen molar-refractivity contribution >= 4 is 11.8 Å². The third kappa shape index (κ3) is 4.98. The quantitative estimate of drug-likeness (QED) is 0.720. The van der Waals surface area contributed by atoms with E-state index in [1.807, 2.05) is 0 Å². The van der Waals surface area contributed by atoms with Gasteiger partial charge in [0.2, 0.25) is 5.91 Å². The van der Waals surface area contributed by atoms with E-state index in [4.69, 9.17) is 4.74 Å². The molecule has 0 atom stereocenters. The van der Waals surface area contributed by atoms with Crippen LogP contribution in [0.1, 0.15) is 10.4 Å². The maximum atomic E-state index is 12.0. The Morgan fingerprint density at radius 2 is 1.88 bits per heavy atom. The first kappa shape index (κ1) is 17.3. The molecular weight excluding hydrogens is 310 g/mol. The van der Waals surface area contributed by atoms with Crippen molar-refractivity contribution in [3.8, 4) is 5.75 Å². The molecule has 0 aliphatic heterocycles. The highest BCUT2D eigenvalue weighted by Gasteiger charge is 2.07. The van der Waals surface area contributed by atoms with Crippen molar-refractivity contribution in [2.24, 2.45) is 0 Å². The molecule has 0 saturated carbocycles. The number of amides is 2. The van der Waals surface area contributed by atoms with Gasteiger partial charge >= 0.3 is 0 Å². The Bertz CT molecular complexity index is 770. The maximum Gasteiger partial charge on any atom is 0.251 e. The average molecular weight is 329 g/mol. The normalized spacial score (nSPS) is 10.0. The van der Waals surface area contributed by atoms with Gasteiger partial charge in [0.1, 0.15) is 12.3 Å². The van der Waals surface area contributed by atoms with Crippen LogP contribution in [0.4, 0.5) is 0 Å². The molecule has 0 aliphatic rings. The predicted octanol–water partition coefficient (Wildman–Crippen LogP) is 0.403. The zero-order valence-corrected chi connectivity index (χ0v) is 13.3. The number of nitrogens with one attached hydrogen (secondary N) is 2. The van der Waals surface area contributed by atoms with E-state index in [2.05, 4.69) is 10.6 Å². The summed E-state index contributed by atoms with van der Waals surface area (Å²) < 4.78 is 6.37. The smallest absolute Gasteiger partial charge is 0.251 e. The van der Waals surface area contributed by atoms with Crippen molar-refractivity contribution in [2.45, 2.75) is 6.54 Å². The van der Waals surface area contributed by atoms with E-state index in [0.717, 1.165) is 0 Å². The molecule has 0 fully saturated rings. The van der Waals surface area contributed by atoms with E-state index >= 15 is 0 Å². The van der Waals surface area contributed by atoms with Crippen LogP contribution in [0, 0.1) is 0 Å². The molecule has 0 spiro atoms. The van der Waals surface area contributed by atoms with Crippen LogP contribution in [-0.4, -0.2) is 36.6 Å². The van der Waals surface area contributed by atoms with Crippen LogP contribution < -0.4 is 20.9 Å². The molecule has 2 aromatic rings. The van der Waals surface area contributed by atoms with Crippen molar-refractivity contribution in [2.75, 3.05) is 20.2 Å². The van der Waals surface area contributed by atoms with Crippen LogP contribution in [0.2, 0.25) is 0 Å². The zero-order chi connectivity index (χ0) is 17.4. The predicted molar refractivity (Wildman–Crippen MR) is 89.0 cm³/mol. The van der Waals surface area contributed by atoms with E-state index in [9.17, 15) is 14.4 Å². The van der Waals surface area contributed by atoms with Crippen molar-refractivity contribution in [3.05, 3.63) is 64.6 Å². The molecular formula is C17H19N3O4. The Kier molecular flexibility index (Phi) is 6.13. The molecule has 7 nitrogen and oxygen atoms in total. The third-order valence-electron chi connectivity index (χ3n) is 3.28. The highest BCUT2D eigenvalue weighted by atomic mass is 16.5. The van der Waals surface area contributed by atoms with Crippen LogP contribution in [0.3, 0.4) is 0 Å². The van der Waals surface area contributed by atoms with Gasteiger partial charge in [-0.1, -0.05) is 12.1 Å². The number of methoxy groups -OCH3 is 1. The summed E-state index contributed by atoms with van der Waals surface area (Å²) in [6, 6.07) is 11.5. The fourth-order valence-electron chi connectivity index (χ4n) is 2.05. The minimum Gasteiger partial charge on any atom is -0.497 e. The van der Waals surface area contributed by atoms with Crippen LogP contribution in [0.25, 0.3) is 0 Å². The summed E-state index contributed by atoms with van der Waals surface area (Å²) in [5.41, 5.74) is 0.246. The lowest BCUT2D eigenvalue weighted by molar-refractivity contribution is -0.121. The Morgan fingerprint density at radius 3 is 2.62 bits per heavy atom. The van der Waals surface area contributed by atoms with Gasteiger partial charge in [0, 0.05) is 30.9 Å². The molecule has 126 valence electrons. The number of hydrogen-bond acceptors (Lipinski definition) is 4.